The van der Waals surface area contributed by atoms with Gasteiger partial charge in [-0.05, 0) is 96.0 Å². The van der Waals surface area contributed by atoms with Gasteiger partial charge in [0.05, 0.1) is 35.2 Å². The molecule has 5 aliphatic rings. The molecule has 1 aliphatic carbocycles. The molecule has 5 heterocycles. The first-order valence-electron chi connectivity index (χ1n) is 25.5. The van der Waals surface area contributed by atoms with Crippen molar-refractivity contribution < 1.29 is 43.4 Å². The van der Waals surface area contributed by atoms with Crippen LogP contribution in [0.25, 0.3) is 0 Å². The van der Waals surface area contributed by atoms with Gasteiger partial charge in [0, 0.05) is 61.8 Å². The van der Waals surface area contributed by atoms with Crippen LogP contribution in [0, 0.1) is 27.9 Å². The van der Waals surface area contributed by atoms with E-state index in [2.05, 4.69) is 27.9 Å². The van der Waals surface area contributed by atoms with Gasteiger partial charge in [0.15, 0.2) is 0 Å². The number of para-hydroxylation sites is 1. The van der Waals surface area contributed by atoms with E-state index in [1.165, 1.54) is 24.3 Å². The molecule has 6 aromatic rings. The van der Waals surface area contributed by atoms with Gasteiger partial charge in [-0.1, -0.05) is 96.8 Å². The summed E-state index contributed by atoms with van der Waals surface area (Å²) in [6.07, 6.45) is 7.15. The lowest BCUT2D eigenvalue weighted by Crippen LogP contribution is -2.59. The average molecular weight is 1020 g/mol. The van der Waals surface area contributed by atoms with Gasteiger partial charge >= 0.3 is 12.1 Å². The number of nitrogens with zero attached hydrogens (tertiary/aromatic N) is 7. The molecular weight excluding hydrogens is 967 g/mol. The Kier molecular flexibility index (Phi) is 13.8. The Morgan fingerprint density at radius 3 is 2.22 bits per heavy atom. The Balaban J connectivity index is 1.16. The van der Waals surface area contributed by atoms with Gasteiger partial charge in [0.2, 0.25) is 17.8 Å². The fourth-order valence-corrected chi connectivity index (χ4v) is 11.7. The number of benzene rings is 5. The van der Waals surface area contributed by atoms with Crippen molar-refractivity contribution in [3.8, 4) is 17.6 Å². The van der Waals surface area contributed by atoms with E-state index in [-0.39, 0.29) is 55.6 Å². The topological polar surface area (TPSA) is 198 Å². The Hall–Kier alpha value is -8.72. The van der Waals surface area contributed by atoms with E-state index >= 15 is 19.2 Å². The highest BCUT2D eigenvalue weighted by Crippen LogP contribution is 2.67. The summed E-state index contributed by atoms with van der Waals surface area (Å²) in [4.78, 5) is 90.6. The van der Waals surface area contributed by atoms with Gasteiger partial charge in [-0.15, -0.1) is 0 Å². The number of cyclic esters (lactones) is 1. The van der Waals surface area contributed by atoms with Gasteiger partial charge in [0.25, 0.3) is 5.69 Å². The number of aliphatic hydroxyl groups is 1. The zero-order chi connectivity index (χ0) is 52.3. The summed E-state index contributed by atoms with van der Waals surface area (Å²) in [5, 5.41) is 21.7. The summed E-state index contributed by atoms with van der Waals surface area (Å²) in [6.45, 7) is 0.167. The number of esters is 1. The fourth-order valence-electron chi connectivity index (χ4n) is 11.7. The van der Waals surface area contributed by atoms with Crippen molar-refractivity contribution in [3.05, 3.63) is 201 Å². The molecule has 3 amide bonds. The molecule has 76 heavy (non-hydrogen) atoms. The number of ether oxygens (including phenoxy) is 3. The molecule has 0 radical (unpaired) electrons. The highest BCUT2D eigenvalue weighted by molar-refractivity contribution is 6.23. The first-order chi connectivity index (χ1) is 37.2. The van der Waals surface area contributed by atoms with Crippen LogP contribution >= 0.6 is 0 Å². The number of carbonyl (C=O) groups excluding carboxylic acids is 4. The second-order valence-electron chi connectivity index (χ2n) is 19.3. The Morgan fingerprint density at radius 1 is 0.816 bits per heavy atom. The number of hydrogen-bond acceptors (Lipinski definition) is 14. The lowest BCUT2D eigenvalue weighted by atomic mass is 9.64. The number of imide groups is 1. The monoisotopic (exact) mass is 1020 g/mol. The summed E-state index contributed by atoms with van der Waals surface area (Å²) in [7, 11) is 0. The quantitative estimate of drug-likeness (QED) is 0.0568. The van der Waals surface area contributed by atoms with E-state index in [1.54, 1.807) is 65.8 Å². The molecular formula is C59H53N7O10. The highest BCUT2D eigenvalue weighted by atomic mass is 16.6. The van der Waals surface area contributed by atoms with Crippen molar-refractivity contribution in [3.63, 3.8) is 0 Å². The molecule has 4 aliphatic heterocycles. The molecule has 5 aromatic carbocycles. The smallest absolute Gasteiger partial charge is 0.421 e. The summed E-state index contributed by atoms with van der Waals surface area (Å²) in [5.74, 6) is 3.79. The molecule has 0 unspecified atom stereocenters. The van der Waals surface area contributed by atoms with Crippen molar-refractivity contribution in [1.29, 1.82) is 0 Å². The number of carbonyl (C=O) groups is 4. The van der Waals surface area contributed by atoms with Crippen LogP contribution < -0.4 is 14.5 Å². The van der Waals surface area contributed by atoms with Crippen LogP contribution in [-0.2, 0) is 35.9 Å². The third-order valence-corrected chi connectivity index (χ3v) is 15.1. The predicted octanol–water partition coefficient (Wildman–Crippen LogP) is 7.96. The van der Waals surface area contributed by atoms with Gasteiger partial charge in [-0.25, -0.2) is 19.7 Å². The van der Waals surface area contributed by atoms with E-state index < -0.39 is 64.4 Å². The zero-order valence-corrected chi connectivity index (χ0v) is 41.4. The molecule has 384 valence electrons. The van der Waals surface area contributed by atoms with Crippen LogP contribution in [0.4, 0.5) is 22.1 Å². The van der Waals surface area contributed by atoms with Gasteiger partial charge < -0.3 is 29.1 Å². The normalized spacial score (nSPS) is 22.9. The first kappa shape index (κ1) is 49.5. The molecule has 3 fully saturated rings. The standard InChI is InChI=1S/C59H53N7O10/c67-35-36-74-48-20-11-10-19-45(48)53-59(46-37-40(22-21-39-13-4-1-5-14-39)25-28-47(46)64(56(59)70)58(71)75-38-41-23-26-44(27-24-41)66(72)73)49(54(68)62-31-33-63(34-32-62)57-60-29-12-30-61-57)51-55(69)76-52(43-17-8-3-9-18-43)50(65(51)53)42-15-6-2-7-16-42/h2-3,6-13,15-20,23-30,37,49-53,67H,1,4-5,14,31-36,38H2/t49-,50-,51-,52+,53+,59-/m0/s1. The number of amides is 3. The Bertz CT molecular complexity index is 3270. The maximum Gasteiger partial charge on any atom is 0.421 e. The molecule has 0 bridgehead atoms. The SMILES string of the molecule is O=C1O[C@H](c2ccccc2)[C@H](c2ccccc2)N2[C@H]1[C@@H](C(=O)N1CCN(c3ncccn3)CC1)[C@]1(C(=O)N(C(=O)OCc3ccc([N+](=O)[O-])cc3)c3ccc(C#CC4=CCCCC4)cc31)[C@H]2c1ccccc1OCCO. The highest BCUT2D eigenvalue weighted by Gasteiger charge is 2.76. The van der Waals surface area contributed by atoms with Crippen molar-refractivity contribution >= 4 is 41.2 Å². The Labute approximate surface area is 438 Å². The summed E-state index contributed by atoms with van der Waals surface area (Å²) in [6, 6.07) is 34.7. The summed E-state index contributed by atoms with van der Waals surface area (Å²) in [5.41, 5.74) is 1.78. The lowest BCUT2D eigenvalue weighted by molar-refractivity contribution is -0.384. The second kappa shape index (κ2) is 21.3. The number of rotatable bonds is 11. The van der Waals surface area contributed by atoms with Gasteiger partial charge in [-0.3, -0.25) is 29.4 Å². The predicted molar refractivity (Wildman–Crippen MR) is 278 cm³/mol. The van der Waals surface area contributed by atoms with Crippen molar-refractivity contribution in [2.24, 2.45) is 5.92 Å². The number of anilines is 2. The molecule has 17 nitrogen and oxygen atoms in total. The number of aliphatic hydroxyl groups excluding tert-OH is 1. The van der Waals surface area contributed by atoms with E-state index in [0.29, 0.717) is 41.3 Å². The molecule has 0 saturated carbocycles. The molecule has 17 heteroatoms. The minimum Gasteiger partial charge on any atom is -0.491 e. The second-order valence-corrected chi connectivity index (χ2v) is 19.3. The molecule has 1 spiro atoms. The maximum atomic E-state index is 16.9. The average Bonchev–Trinajstić information content (AvgIpc) is 4.01. The van der Waals surface area contributed by atoms with Gasteiger partial charge in [-0.2, -0.15) is 0 Å². The largest absolute Gasteiger partial charge is 0.491 e. The number of nitro groups is 1. The van der Waals surface area contributed by atoms with Crippen LogP contribution in [0.1, 0.15) is 77.3 Å². The number of fused-ring (bicyclic) bond motifs is 3. The van der Waals surface area contributed by atoms with E-state index in [9.17, 15) is 15.2 Å². The Morgan fingerprint density at radius 2 is 1.53 bits per heavy atom. The van der Waals surface area contributed by atoms with Crippen molar-refractivity contribution in [2.45, 2.75) is 61.9 Å². The van der Waals surface area contributed by atoms with E-state index in [0.717, 1.165) is 41.7 Å². The minimum absolute atomic E-state index is 0.118. The number of non-ortho nitro benzene ring substituents is 1. The number of aromatic nitrogens is 2. The van der Waals surface area contributed by atoms with Crippen LogP contribution in [-0.4, -0.2) is 99.1 Å². The van der Waals surface area contributed by atoms with Gasteiger partial charge in [0.1, 0.15) is 36.5 Å². The zero-order valence-electron chi connectivity index (χ0n) is 41.4. The third-order valence-electron chi connectivity index (χ3n) is 15.1. The van der Waals surface area contributed by atoms with E-state index in [4.69, 9.17) is 14.2 Å². The molecule has 1 aromatic heterocycles. The molecule has 1 N–H and O–H groups in total. The third kappa shape index (κ3) is 8.98. The number of hydrogen-bond donors (Lipinski definition) is 1. The van der Waals surface area contributed by atoms with Crippen LogP contribution in [0.2, 0.25) is 0 Å². The van der Waals surface area contributed by atoms with E-state index in [1.807, 2.05) is 70.5 Å². The molecule has 6 atom stereocenters. The number of nitro benzene ring substituents is 1. The summed E-state index contributed by atoms with van der Waals surface area (Å²) < 4.78 is 19.0. The number of allylic oxidation sites excluding steroid dienone is 2. The fraction of sp³-hybridized carbons (Fsp3) is 0.288. The van der Waals surface area contributed by atoms with Crippen molar-refractivity contribution in [2.75, 3.05) is 49.2 Å². The minimum atomic E-state index is -2.14. The van der Waals surface area contributed by atoms with Crippen LogP contribution in [0.5, 0.6) is 5.75 Å². The van der Waals surface area contributed by atoms with Crippen LogP contribution in [0.3, 0.4) is 0 Å². The summed E-state index contributed by atoms with van der Waals surface area (Å²) >= 11 is 0. The lowest BCUT2D eigenvalue weighted by Gasteiger charge is -2.46. The van der Waals surface area contributed by atoms with Crippen molar-refractivity contribution in [1.82, 2.24) is 19.8 Å². The molecule has 3 saturated heterocycles. The first-order valence-corrected chi connectivity index (χ1v) is 25.5. The number of morpholine rings is 1. The number of piperazine rings is 1. The molecule has 11 rings (SSSR count). The van der Waals surface area contributed by atoms with Crippen LogP contribution in [0.15, 0.2) is 158 Å². The maximum absolute atomic E-state index is 16.9.